The molecule has 0 heterocycles. The van der Waals surface area contributed by atoms with Crippen LogP contribution >= 0.6 is 0 Å². The Bertz CT molecular complexity index is 469. The molecule has 0 bridgehead atoms. The van der Waals surface area contributed by atoms with Gasteiger partial charge in [-0.1, -0.05) is 62.9 Å². The van der Waals surface area contributed by atoms with Crippen LogP contribution in [-0.2, 0) is 16.0 Å². The molecular weight excluding hydrogens is 280 g/mol. The van der Waals surface area contributed by atoms with Gasteiger partial charge in [-0.3, -0.25) is 9.59 Å². The number of hydrogen-bond donors (Lipinski definition) is 2. The molecule has 0 saturated heterocycles. The first-order valence-electron chi connectivity index (χ1n) is 7.99. The third kappa shape index (κ3) is 5.88. The van der Waals surface area contributed by atoms with Crippen molar-refractivity contribution in [2.75, 3.05) is 0 Å². The van der Waals surface area contributed by atoms with Crippen LogP contribution in [0.4, 0.5) is 0 Å². The maximum Gasteiger partial charge on any atom is 0.309 e. The molecule has 0 amide bonds. The predicted molar refractivity (Wildman–Crippen MR) is 85.8 cm³/mol. The van der Waals surface area contributed by atoms with Crippen LogP contribution in [-0.4, -0.2) is 22.2 Å². The summed E-state index contributed by atoms with van der Waals surface area (Å²) in [5.74, 6) is -1.82. The Labute approximate surface area is 132 Å². The SMILES string of the molecule is CCCCCCC(CCC(=O)O)(Cc1ccccc1)C(=O)O. The number of carboxylic acids is 2. The number of aliphatic carboxylic acids is 2. The van der Waals surface area contributed by atoms with E-state index in [4.69, 9.17) is 5.11 Å². The normalized spacial score (nSPS) is 13.5. The average molecular weight is 306 g/mol. The van der Waals surface area contributed by atoms with Crippen LogP contribution in [0.25, 0.3) is 0 Å². The summed E-state index contributed by atoms with van der Waals surface area (Å²) < 4.78 is 0. The molecule has 4 nitrogen and oxygen atoms in total. The van der Waals surface area contributed by atoms with Crippen molar-refractivity contribution in [3.8, 4) is 0 Å². The summed E-state index contributed by atoms with van der Waals surface area (Å²) in [6.07, 6.45) is 4.99. The zero-order valence-corrected chi connectivity index (χ0v) is 13.3. The van der Waals surface area contributed by atoms with E-state index in [1.54, 1.807) is 0 Å². The second-order valence-corrected chi connectivity index (χ2v) is 5.95. The van der Waals surface area contributed by atoms with E-state index >= 15 is 0 Å². The van der Waals surface area contributed by atoms with Gasteiger partial charge in [0.25, 0.3) is 0 Å². The van der Waals surface area contributed by atoms with Crippen molar-refractivity contribution in [1.29, 1.82) is 0 Å². The van der Waals surface area contributed by atoms with E-state index in [-0.39, 0.29) is 12.8 Å². The van der Waals surface area contributed by atoms with E-state index in [0.29, 0.717) is 12.8 Å². The smallest absolute Gasteiger partial charge is 0.309 e. The second kappa shape index (κ2) is 9.23. The van der Waals surface area contributed by atoms with Crippen molar-refractivity contribution >= 4 is 11.9 Å². The molecule has 1 rings (SSSR count). The Morgan fingerprint density at radius 2 is 1.68 bits per heavy atom. The Morgan fingerprint density at radius 3 is 2.23 bits per heavy atom. The summed E-state index contributed by atoms with van der Waals surface area (Å²) in [6, 6.07) is 9.48. The molecule has 2 N–H and O–H groups in total. The van der Waals surface area contributed by atoms with Crippen LogP contribution < -0.4 is 0 Å². The summed E-state index contributed by atoms with van der Waals surface area (Å²) in [7, 11) is 0. The Kier molecular flexibility index (Phi) is 7.64. The molecule has 0 radical (unpaired) electrons. The molecule has 1 unspecified atom stereocenters. The quantitative estimate of drug-likeness (QED) is 0.603. The molecule has 1 atom stereocenters. The maximum atomic E-state index is 11.9. The lowest BCUT2D eigenvalue weighted by Crippen LogP contribution is -2.34. The number of rotatable bonds is 11. The fourth-order valence-corrected chi connectivity index (χ4v) is 2.81. The predicted octanol–water partition coefficient (Wildman–Crippen LogP) is 4.14. The first kappa shape index (κ1) is 18.2. The summed E-state index contributed by atoms with van der Waals surface area (Å²) >= 11 is 0. The van der Waals surface area contributed by atoms with Crippen molar-refractivity contribution < 1.29 is 19.8 Å². The van der Waals surface area contributed by atoms with E-state index in [2.05, 4.69) is 6.92 Å². The fraction of sp³-hybridized carbons (Fsp3) is 0.556. The molecule has 1 aromatic rings. The van der Waals surface area contributed by atoms with Gasteiger partial charge in [-0.25, -0.2) is 0 Å². The van der Waals surface area contributed by atoms with Gasteiger partial charge < -0.3 is 10.2 Å². The van der Waals surface area contributed by atoms with Gasteiger partial charge >= 0.3 is 11.9 Å². The first-order chi connectivity index (χ1) is 10.5. The van der Waals surface area contributed by atoms with Crippen molar-refractivity contribution in [1.82, 2.24) is 0 Å². The summed E-state index contributed by atoms with van der Waals surface area (Å²) in [6.45, 7) is 2.11. The van der Waals surface area contributed by atoms with Crippen LogP contribution in [0.1, 0.15) is 57.4 Å². The van der Waals surface area contributed by atoms with Gasteiger partial charge in [-0.2, -0.15) is 0 Å². The highest BCUT2D eigenvalue weighted by atomic mass is 16.4. The topological polar surface area (TPSA) is 74.6 Å². The first-order valence-corrected chi connectivity index (χ1v) is 7.99. The molecule has 0 aromatic heterocycles. The highest BCUT2D eigenvalue weighted by Gasteiger charge is 2.38. The van der Waals surface area contributed by atoms with Crippen molar-refractivity contribution in [3.63, 3.8) is 0 Å². The number of carboxylic acid groups (broad SMARTS) is 2. The lowest BCUT2D eigenvalue weighted by molar-refractivity contribution is -0.151. The minimum atomic E-state index is -0.979. The minimum absolute atomic E-state index is 0.104. The fourth-order valence-electron chi connectivity index (χ4n) is 2.81. The molecule has 1 aromatic carbocycles. The van der Waals surface area contributed by atoms with Gasteiger partial charge in [-0.15, -0.1) is 0 Å². The van der Waals surface area contributed by atoms with E-state index < -0.39 is 17.4 Å². The number of unbranched alkanes of at least 4 members (excludes halogenated alkanes) is 3. The number of carbonyl (C=O) groups is 2. The Balaban J connectivity index is 2.87. The van der Waals surface area contributed by atoms with Gasteiger partial charge in [0, 0.05) is 6.42 Å². The van der Waals surface area contributed by atoms with Crippen LogP contribution in [0, 0.1) is 5.41 Å². The molecule has 0 fully saturated rings. The van der Waals surface area contributed by atoms with Crippen LogP contribution in [0.5, 0.6) is 0 Å². The highest BCUT2D eigenvalue weighted by molar-refractivity contribution is 5.76. The van der Waals surface area contributed by atoms with E-state index in [1.807, 2.05) is 30.3 Å². The van der Waals surface area contributed by atoms with E-state index in [0.717, 1.165) is 31.2 Å². The molecule has 4 heteroatoms. The molecule has 122 valence electrons. The average Bonchev–Trinajstić information content (AvgIpc) is 2.49. The van der Waals surface area contributed by atoms with E-state index in [9.17, 15) is 14.7 Å². The van der Waals surface area contributed by atoms with Crippen molar-refractivity contribution in [2.24, 2.45) is 5.41 Å². The molecular formula is C18H26O4. The number of benzene rings is 1. The lowest BCUT2D eigenvalue weighted by atomic mass is 9.74. The molecule has 0 saturated carbocycles. The molecule has 0 aliphatic heterocycles. The maximum absolute atomic E-state index is 11.9. The van der Waals surface area contributed by atoms with Crippen LogP contribution in [0.15, 0.2) is 30.3 Å². The minimum Gasteiger partial charge on any atom is -0.481 e. The summed E-state index contributed by atoms with van der Waals surface area (Å²) in [5.41, 5.74) is -0.0289. The Hall–Kier alpha value is -1.84. The largest absolute Gasteiger partial charge is 0.481 e. The number of hydrogen-bond acceptors (Lipinski definition) is 2. The third-order valence-electron chi connectivity index (χ3n) is 4.17. The molecule has 0 aliphatic carbocycles. The monoisotopic (exact) mass is 306 g/mol. The summed E-state index contributed by atoms with van der Waals surface area (Å²) in [5, 5.41) is 18.7. The van der Waals surface area contributed by atoms with Gasteiger partial charge in [0.15, 0.2) is 0 Å². The highest BCUT2D eigenvalue weighted by Crippen LogP contribution is 2.35. The van der Waals surface area contributed by atoms with Gasteiger partial charge in [-0.05, 0) is 24.8 Å². The second-order valence-electron chi connectivity index (χ2n) is 5.95. The van der Waals surface area contributed by atoms with Crippen molar-refractivity contribution in [3.05, 3.63) is 35.9 Å². The van der Waals surface area contributed by atoms with Crippen LogP contribution in [0.2, 0.25) is 0 Å². The zero-order valence-electron chi connectivity index (χ0n) is 13.3. The molecule has 0 aliphatic rings. The van der Waals surface area contributed by atoms with Gasteiger partial charge in [0.05, 0.1) is 5.41 Å². The zero-order chi connectivity index (χ0) is 16.4. The van der Waals surface area contributed by atoms with Gasteiger partial charge in [0.2, 0.25) is 0 Å². The third-order valence-corrected chi connectivity index (χ3v) is 4.17. The summed E-state index contributed by atoms with van der Waals surface area (Å²) in [4.78, 5) is 22.8. The molecule has 22 heavy (non-hydrogen) atoms. The van der Waals surface area contributed by atoms with Crippen molar-refractivity contribution in [2.45, 2.75) is 58.3 Å². The lowest BCUT2D eigenvalue weighted by Gasteiger charge is -2.29. The standard InChI is InChI=1S/C18H26O4/c1-2-3-4-8-12-18(17(21)22,13-11-16(19)20)14-15-9-6-5-7-10-15/h5-7,9-10H,2-4,8,11-14H2,1H3,(H,19,20)(H,21,22). The Morgan fingerprint density at radius 1 is 1.00 bits per heavy atom. The van der Waals surface area contributed by atoms with Gasteiger partial charge in [0.1, 0.15) is 0 Å². The van der Waals surface area contributed by atoms with Crippen LogP contribution in [0.3, 0.4) is 0 Å². The molecule has 0 spiro atoms. The van der Waals surface area contributed by atoms with E-state index in [1.165, 1.54) is 0 Å².